The highest BCUT2D eigenvalue weighted by Gasteiger charge is 2.25. The normalized spacial score (nSPS) is 17.8. The van der Waals surface area contributed by atoms with Crippen molar-refractivity contribution in [3.05, 3.63) is 53.7 Å². The van der Waals surface area contributed by atoms with Crippen molar-refractivity contribution in [3.63, 3.8) is 0 Å². The Labute approximate surface area is 158 Å². The number of benzene rings is 1. The topological polar surface area (TPSA) is 43.2 Å². The van der Waals surface area contributed by atoms with Crippen molar-refractivity contribution >= 4 is 28.2 Å². The Morgan fingerprint density at radius 1 is 1.23 bits per heavy atom. The molecule has 3 aromatic rings. The van der Waals surface area contributed by atoms with E-state index in [0.717, 1.165) is 54.2 Å². The standard InChI is InChI=1S/C20H23ClN4O/c1-26-12-11-24-10-8-23-20(24)15-3-2-9-25(14-15)19-6-7-22-18-13-16(21)4-5-17(18)19/h4-8,10,13,15H,2-3,9,11-12,14H2,1H3/t15-/m1/s1. The van der Waals surface area contributed by atoms with Crippen LogP contribution >= 0.6 is 11.6 Å². The van der Waals surface area contributed by atoms with Crippen LogP contribution < -0.4 is 4.90 Å². The van der Waals surface area contributed by atoms with Gasteiger partial charge in [-0.3, -0.25) is 4.98 Å². The van der Waals surface area contributed by atoms with Gasteiger partial charge in [-0.2, -0.15) is 0 Å². The average Bonchev–Trinajstić information content (AvgIpc) is 3.14. The van der Waals surface area contributed by atoms with E-state index >= 15 is 0 Å². The van der Waals surface area contributed by atoms with Gasteiger partial charge < -0.3 is 14.2 Å². The van der Waals surface area contributed by atoms with Gasteiger partial charge in [0.25, 0.3) is 0 Å². The van der Waals surface area contributed by atoms with Crippen LogP contribution in [0.4, 0.5) is 5.69 Å². The van der Waals surface area contributed by atoms with Gasteiger partial charge in [0.05, 0.1) is 12.1 Å². The molecule has 0 bridgehead atoms. The van der Waals surface area contributed by atoms with E-state index in [4.69, 9.17) is 16.3 Å². The van der Waals surface area contributed by atoms with Crippen LogP contribution in [-0.4, -0.2) is 41.3 Å². The van der Waals surface area contributed by atoms with Crippen LogP contribution in [0.15, 0.2) is 42.9 Å². The number of fused-ring (bicyclic) bond motifs is 1. The zero-order chi connectivity index (χ0) is 17.9. The number of anilines is 1. The van der Waals surface area contributed by atoms with Crippen LogP contribution in [0.1, 0.15) is 24.6 Å². The van der Waals surface area contributed by atoms with Crippen molar-refractivity contribution in [2.24, 2.45) is 0 Å². The molecule has 5 nitrogen and oxygen atoms in total. The van der Waals surface area contributed by atoms with Crippen LogP contribution in [0.3, 0.4) is 0 Å². The zero-order valence-corrected chi connectivity index (χ0v) is 15.7. The van der Waals surface area contributed by atoms with Gasteiger partial charge in [-0.15, -0.1) is 0 Å². The predicted molar refractivity (Wildman–Crippen MR) is 105 cm³/mol. The summed E-state index contributed by atoms with van der Waals surface area (Å²) in [6.07, 6.45) is 8.14. The second kappa shape index (κ2) is 7.64. The second-order valence-electron chi connectivity index (χ2n) is 6.75. The first-order chi connectivity index (χ1) is 12.8. The van der Waals surface area contributed by atoms with Gasteiger partial charge in [-0.05, 0) is 37.1 Å². The molecule has 0 radical (unpaired) electrons. The van der Waals surface area contributed by atoms with E-state index < -0.39 is 0 Å². The van der Waals surface area contributed by atoms with E-state index in [1.54, 1.807) is 7.11 Å². The van der Waals surface area contributed by atoms with Gasteiger partial charge in [0, 0.05) is 67.3 Å². The lowest BCUT2D eigenvalue weighted by atomic mass is 9.96. The molecule has 1 aliphatic heterocycles. The van der Waals surface area contributed by atoms with E-state index in [9.17, 15) is 0 Å². The fourth-order valence-corrected chi connectivity index (χ4v) is 4.01. The van der Waals surface area contributed by atoms with Crippen molar-refractivity contribution in [1.82, 2.24) is 14.5 Å². The van der Waals surface area contributed by atoms with Crippen LogP contribution in [-0.2, 0) is 11.3 Å². The molecule has 6 heteroatoms. The van der Waals surface area contributed by atoms with Crippen LogP contribution in [0, 0.1) is 0 Å². The molecule has 0 saturated carbocycles. The van der Waals surface area contributed by atoms with E-state index in [-0.39, 0.29) is 0 Å². The number of imidazole rings is 1. The molecule has 4 rings (SSSR count). The molecule has 0 amide bonds. The number of pyridine rings is 1. The molecule has 136 valence electrons. The molecule has 26 heavy (non-hydrogen) atoms. The van der Waals surface area contributed by atoms with E-state index in [0.29, 0.717) is 12.5 Å². The highest BCUT2D eigenvalue weighted by molar-refractivity contribution is 6.31. The number of rotatable bonds is 5. The molecule has 1 aromatic carbocycles. The van der Waals surface area contributed by atoms with Crippen molar-refractivity contribution < 1.29 is 4.74 Å². The number of aromatic nitrogens is 3. The Kier molecular flexibility index (Phi) is 5.09. The third kappa shape index (κ3) is 3.41. The van der Waals surface area contributed by atoms with Crippen molar-refractivity contribution in [2.75, 3.05) is 31.7 Å². The minimum Gasteiger partial charge on any atom is -0.383 e. The van der Waals surface area contributed by atoms with Gasteiger partial charge in [-0.1, -0.05) is 11.6 Å². The zero-order valence-electron chi connectivity index (χ0n) is 14.9. The number of hydrogen-bond donors (Lipinski definition) is 0. The molecule has 0 aliphatic carbocycles. The summed E-state index contributed by atoms with van der Waals surface area (Å²) in [7, 11) is 1.74. The molecule has 0 spiro atoms. The maximum Gasteiger partial charge on any atom is 0.113 e. The first-order valence-corrected chi connectivity index (χ1v) is 9.43. The van der Waals surface area contributed by atoms with Crippen molar-refractivity contribution in [1.29, 1.82) is 0 Å². The monoisotopic (exact) mass is 370 g/mol. The lowest BCUT2D eigenvalue weighted by Gasteiger charge is -2.35. The highest BCUT2D eigenvalue weighted by atomic mass is 35.5. The smallest absolute Gasteiger partial charge is 0.113 e. The van der Waals surface area contributed by atoms with E-state index in [1.165, 1.54) is 5.69 Å². The number of methoxy groups -OCH3 is 1. The van der Waals surface area contributed by atoms with Crippen molar-refractivity contribution in [2.45, 2.75) is 25.3 Å². The minimum absolute atomic E-state index is 0.422. The molecule has 1 atom stereocenters. The van der Waals surface area contributed by atoms with Gasteiger partial charge in [0.15, 0.2) is 0 Å². The second-order valence-corrected chi connectivity index (χ2v) is 7.18. The van der Waals surface area contributed by atoms with E-state index in [1.807, 2.05) is 24.5 Å². The lowest BCUT2D eigenvalue weighted by Crippen LogP contribution is -2.35. The predicted octanol–water partition coefficient (Wildman–Crippen LogP) is 4.12. The Hall–Kier alpha value is -2.11. The third-order valence-electron chi connectivity index (χ3n) is 5.09. The van der Waals surface area contributed by atoms with Crippen LogP contribution in [0.2, 0.25) is 5.02 Å². The largest absolute Gasteiger partial charge is 0.383 e. The molecular formula is C20H23ClN4O. The quantitative estimate of drug-likeness (QED) is 0.677. The molecule has 1 aliphatic rings. The van der Waals surface area contributed by atoms with Gasteiger partial charge in [-0.25, -0.2) is 4.98 Å². The fraction of sp³-hybridized carbons (Fsp3) is 0.400. The van der Waals surface area contributed by atoms with Gasteiger partial charge in [0.1, 0.15) is 5.82 Å². The number of nitrogens with zero attached hydrogens (tertiary/aromatic N) is 4. The number of piperidine rings is 1. The SMILES string of the molecule is COCCn1ccnc1[C@@H]1CCCN(c2ccnc3cc(Cl)ccc23)C1. The molecule has 3 heterocycles. The lowest BCUT2D eigenvalue weighted by molar-refractivity contribution is 0.185. The number of ether oxygens (including phenoxy) is 1. The summed E-state index contributed by atoms with van der Waals surface area (Å²) in [5, 5.41) is 1.87. The molecular weight excluding hydrogens is 348 g/mol. The average molecular weight is 371 g/mol. The first-order valence-electron chi connectivity index (χ1n) is 9.05. The summed E-state index contributed by atoms with van der Waals surface area (Å²) >= 11 is 6.13. The molecule has 0 unspecified atom stereocenters. The summed E-state index contributed by atoms with van der Waals surface area (Å²) in [6, 6.07) is 8.05. The first kappa shape index (κ1) is 17.3. The Morgan fingerprint density at radius 2 is 2.15 bits per heavy atom. The minimum atomic E-state index is 0.422. The number of hydrogen-bond acceptors (Lipinski definition) is 4. The van der Waals surface area contributed by atoms with Gasteiger partial charge in [0.2, 0.25) is 0 Å². The van der Waals surface area contributed by atoms with Crippen LogP contribution in [0.5, 0.6) is 0 Å². The summed E-state index contributed by atoms with van der Waals surface area (Å²) in [4.78, 5) is 11.6. The molecule has 1 saturated heterocycles. The Balaban J connectivity index is 1.61. The molecule has 2 aromatic heterocycles. The summed E-state index contributed by atoms with van der Waals surface area (Å²) in [5.74, 6) is 1.58. The summed E-state index contributed by atoms with van der Waals surface area (Å²) in [6.45, 7) is 3.57. The molecule has 1 fully saturated rings. The van der Waals surface area contributed by atoms with Crippen LogP contribution in [0.25, 0.3) is 10.9 Å². The highest BCUT2D eigenvalue weighted by Crippen LogP contribution is 2.33. The van der Waals surface area contributed by atoms with Gasteiger partial charge >= 0.3 is 0 Å². The Bertz CT molecular complexity index is 894. The van der Waals surface area contributed by atoms with Crippen molar-refractivity contribution in [3.8, 4) is 0 Å². The van der Waals surface area contributed by atoms with E-state index in [2.05, 4.69) is 37.8 Å². The summed E-state index contributed by atoms with van der Waals surface area (Å²) in [5.41, 5.74) is 2.17. The maximum absolute atomic E-state index is 6.13. The third-order valence-corrected chi connectivity index (χ3v) is 5.33. The molecule has 0 N–H and O–H groups in total. The fourth-order valence-electron chi connectivity index (χ4n) is 3.85. The summed E-state index contributed by atoms with van der Waals surface area (Å²) < 4.78 is 7.45. The Morgan fingerprint density at radius 3 is 3.04 bits per heavy atom. The number of halogens is 1. The maximum atomic E-state index is 6.13.